The molecule has 1 amide bonds. The number of amides is 1. The topological polar surface area (TPSA) is 92.7 Å². The number of benzene rings is 1. The first-order chi connectivity index (χ1) is 17.0. The van der Waals surface area contributed by atoms with Crippen LogP contribution in [-0.2, 0) is 22.4 Å². The van der Waals surface area contributed by atoms with Crippen molar-refractivity contribution in [2.45, 2.75) is 77.2 Å². The van der Waals surface area contributed by atoms with E-state index in [9.17, 15) is 9.90 Å². The molecule has 2 aliphatic rings. The lowest BCUT2D eigenvalue weighted by Gasteiger charge is -2.39. The van der Waals surface area contributed by atoms with Crippen LogP contribution in [0, 0.1) is 5.41 Å². The Morgan fingerprint density at radius 1 is 1.28 bits per heavy atom. The zero-order valence-electron chi connectivity index (χ0n) is 21.6. The van der Waals surface area contributed by atoms with Crippen LogP contribution < -0.4 is 15.4 Å². The average Bonchev–Trinajstić information content (AvgIpc) is 3.24. The molecule has 0 unspecified atom stereocenters. The van der Waals surface area contributed by atoms with Crippen molar-refractivity contribution >= 4 is 17.5 Å². The number of rotatable bonds is 8. The number of carbonyl (C=O) groups is 1. The minimum Gasteiger partial charge on any atom is -0.468 e. The number of aliphatic hydroxyl groups is 1. The summed E-state index contributed by atoms with van der Waals surface area (Å²) in [6, 6.07) is 9.15. The number of halogens is 1. The number of nitrogens with one attached hydrogen (secondary N) is 2. The summed E-state index contributed by atoms with van der Waals surface area (Å²) in [5.74, 6) is 0.457. The first-order valence-corrected chi connectivity index (χ1v) is 13.1. The standard InChI is InChI=1S/C28H38ClN3O4/c1-18(33)32-23(12-19-5-7-21(29)8-6-19)25(34)16-30-24-14-28(9-10-35-17-28)36-26-22(24)11-20(15-31-26)13-27(2,3)4/h5-8,11,15,23-25,30,34H,9-10,12-14,16-17H2,1-4H3,(H,32,33)/t23-,24+,25+,28+/m0/s1. The van der Waals surface area contributed by atoms with Crippen molar-refractivity contribution in [1.82, 2.24) is 15.6 Å². The third-order valence-corrected chi connectivity index (χ3v) is 7.05. The summed E-state index contributed by atoms with van der Waals surface area (Å²) in [5, 5.41) is 18.3. The van der Waals surface area contributed by atoms with Crippen LogP contribution in [0.3, 0.4) is 0 Å². The molecule has 7 nitrogen and oxygen atoms in total. The van der Waals surface area contributed by atoms with Crippen LogP contribution in [0.25, 0.3) is 0 Å². The van der Waals surface area contributed by atoms with E-state index in [0.717, 1.165) is 36.0 Å². The van der Waals surface area contributed by atoms with Crippen molar-refractivity contribution in [3.8, 4) is 5.88 Å². The van der Waals surface area contributed by atoms with Crippen LogP contribution in [0.2, 0.25) is 5.02 Å². The minimum absolute atomic E-state index is 0.0500. The van der Waals surface area contributed by atoms with E-state index in [4.69, 9.17) is 21.1 Å². The molecule has 0 radical (unpaired) electrons. The highest BCUT2D eigenvalue weighted by Crippen LogP contribution is 2.42. The van der Waals surface area contributed by atoms with Crippen LogP contribution in [-0.4, -0.2) is 53.5 Å². The fourth-order valence-electron chi connectivity index (χ4n) is 5.12. The minimum atomic E-state index is -0.794. The van der Waals surface area contributed by atoms with E-state index in [0.29, 0.717) is 37.1 Å². The molecule has 1 aromatic heterocycles. The van der Waals surface area contributed by atoms with Gasteiger partial charge in [-0.1, -0.05) is 44.5 Å². The Balaban J connectivity index is 1.51. The first kappa shape index (κ1) is 26.9. The van der Waals surface area contributed by atoms with Gasteiger partial charge in [-0.15, -0.1) is 0 Å². The Bertz CT molecular complexity index is 1050. The first-order valence-electron chi connectivity index (χ1n) is 12.7. The van der Waals surface area contributed by atoms with Crippen molar-refractivity contribution < 1.29 is 19.4 Å². The molecule has 2 aliphatic heterocycles. The Labute approximate surface area is 218 Å². The van der Waals surface area contributed by atoms with Gasteiger partial charge in [-0.25, -0.2) is 4.98 Å². The number of hydrogen-bond acceptors (Lipinski definition) is 6. The summed E-state index contributed by atoms with van der Waals surface area (Å²) in [7, 11) is 0. The van der Waals surface area contributed by atoms with Crippen molar-refractivity contribution in [2.24, 2.45) is 5.41 Å². The van der Waals surface area contributed by atoms with Gasteiger partial charge in [-0.2, -0.15) is 0 Å². The maximum absolute atomic E-state index is 11.9. The van der Waals surface area contributed by atoms with Gasteiger partial charge in [-0.3, -0.25) is 4.79 Å². The normalized spacial score (nSPS) is 23.1. The van der Waals surface area contributed by atoms with E-state index in [-0.39, 0.29) is 17.4 Å². The van der Waals surface area contributed by atoms with Gasteiger partial charge >= 0.3 is 0 Å². The number of aromatic nitrogens is 1. The molecule has 0 bridgehead atoms. The van der Waals surface area contributed by atoms with Crippen LogP contribution in [0.1, 0.15) is 63.3 Å². The Kier molecular flexibility index (Phi) is 8.25. The molecule has 0 aliphatic carbocycles. The number of pyridine rings is 1. The molecule has 1 aromatic carbocycles. The van der Waals surface area contributed by atoms with Crippen molar-refractivity contribution in [1.29, 1.82) is 0 Å². The van der Waals surface area contributed by atoms with Gasteiger partial charge in [0.25, 0.3) is 0 Å². The van der Waals surface area contributed by atoms with E-state index < -0.39 is 17.7 Å². The summed E-state index contributed by atoms with van der Waals surface area (Å²) in [6.45, 7) is 9.61. The number of hydrogen-bond donors (Lipinski definition) is 3. The number of aliphatic hydroxyl groups excluding tert-OH is 1. The zero-order valence-corrected chi connectivity index (χ0v) is 22.4. The van der Waals surface area contributed by atoms with Crippen molar-refractivity contribution in [3.63, 3.8) is 0 Å². The molecule has 36 heavy (non-hydrogen) atoms. The number of carbonyl (C=O) groups excluding carboxylic acids is 1. The number of ether oxygens (including phenoxy) is 2. The van der Waals surface area contributed by atoms with Gasteiger partial charge in [0.1, 0.15) is 5.60 Å². The molecule has 1 spiro atoms. The molecule has 3 heterocycles. The van der Waals surface area contributed by atoms with Crippen LogP contribution in [0.4, 0.5) is 0 Å². The maximum Gasteiger partial charge on any atom is 0.218 e. The summed E-state index contributed by atoms with van der Waals surface area (Å²) < 4.78 is 12.1. The summed E-state index contributed by atoms with van der Waals surface area (Å²) in [5.41, 5.74) is 2.89. The lowest BCUT2D eigenvalue weighted by Crippen LogP contribution is -2.50. The lowest BCUT2D eigenvalue weighted by atomic mass is 9.85. The highest BCUT2D eigenvalue weighted by molar-refractivity contribution is 6.30. The van der Waals surface area contributed by atoms with Gasteiger partial charge in [0, 0.05) is 49.1 Å². The molecule has 196 valence electrons. The smallest absolute Gasteiger partial charge is 0.218 e. The molecule has 4 atom stereocenters. The van der Waals surface area contributed by atoms with Gasteiger partial charge in [0.05, 0.1) is 25.4 Å². The van der Waals surface area contributed by atoms with Gasteiger partial charge in [0.15, 0.2) is 0 Å². The van der Waals surface area contributed by atoms with Crippen LogP contribution in [0.15, 0.2) is 36.5 Å². The van der Waals surface area contributed by atoms with E-state index in [1.165, 1.54) is 6.92 Å². The predicted octanol–water partition coefficient (Wildman–Crippen LogP) is 4.00. The second kappa shape index (κ2) is 11.1. The molecule has 1 fully saturated rings. The Hall–Kier alpha value is -2.19. The van der Waals surface area contributed by atoms with E-state index in [1.54, 1.807) is 0 Å². The highest BCUT2D eigenvalue weighted by Gasteiger charge is 2.45. The maximum atomic E-state index is 11.9. The second-order valence-corrected chi connectivity index (χ2v) is 11.9. The predicted molar refractivity (Wildman–Crippen MR) is 140 cm³/mol. The third-order valence-electron chi connectivity index (χ3n) is 6.80. The molecule has 8 heteroatoms. The molecule has 3 N–H and O–H groups in total. The largest absolute Gasteiger partial charge is 0.468 e. The van der Waals surface area contributed by atoms with Gasteiger partial charge in [-0.05, 0) is 47.6 Å². The Morgan fingerprint density at radius 3 is 2.67 bits per heavy atom. The Morgan fingerprint density at radius 2 is 2.03 bits per heavy atom. The zero-order chi connectivity index (χ0) is 25.9. The van der Waals surface area contributed by atoms with Crippen molar-refractivity contribution in [2.75, 3.05) is 19.8 Å². The van der Waals surface area contributed by atoms with Gasteiger partial charge in [0.2, 0.25) is 11.8 Å². The van der Waals surface area contributed by atoms with Crippen molar-refractivity contribution in [3.05, 3.63) is 58.2 Å². The molecular weight excluding hydrogens is 478 g/mol. The quantitative estimate of drug-likeness (QED) is 0.492. The second-order valence-electron chi connectivity index (χ2n) is 11.4. The summed E-state index contributed by atoms with van der Waals surface area (Å²) in [4.78, 5) is 16.6. The van der Waals surface area contributed by atoms with Crippen LogP contribution >= 0.6 is 11.6 Å². The van der Waals surface area contributed by atoms with Crippen LogP contribution in [0.5, 0.6) is 5.88 Å². The fraction of sp³-hybridized carbons (Fsp3) is 0.571. The molecule has 1 saturated heterocycles. The molecule has 4 rings (SSSR count). The number of nitrogens with zero attached hydrogens (tertiary/aromatic N) is 1. The molecule has 0 saturated carbocycles. The SMILES string of the molecule is CC(=O)N[C@@H](Cc1ccc(Cl)cc1)[C@H](O)CN[C@@H]1C[C@@]2(CCOC2)Oc2ncc(CC(C)(C)C)cc21. The monoisotopic (exact) mass is 515 g/mol. The lowest BCUT2D eigenvalue weighted by molar-refractivity contribution is -0.120. The third kappa shape index (κ3) is 6.97. The fourth-order valence-corrected chi connectivity index (χ4v) is 5.25. The summed E-state index contributed by atoms with van der Waals surface area (Å²) >= 11 is 6.02. The highest BCUT2D eigenvalue weighted by atomic mass is 35.5. The molecular formula is C28H38ClN3O4. The molecule has 2 aromatic rings. The van der Waals surface area contributed by atoms with Gasteiger partial charge < -0.3 is 25.2 Å². The van der Waals surface area contributed by atoms with E-state index >= 15 is 0 Å². The summed E-state index contributed by atoms with van der Waals surface area (Å²) in [6.07, 6.45) is 4.06. The van der Waals surface area contributed by atoms with E-state index in [1.807, 2.05) is 30.5 Å². The van der Waals surface area contributed by atoms with E-state index in [2.05, 4.69) is 42.5 Å². The average molecular weight is 516 g/mol. The number of fused-ring (bicyclic) bond motifs is 1.